The van der Waals surface area contributed by atoms with Gasteiger partial charge in [0.2, 0.25) is 0 Å². The van der Waals surface area contributed by atoms with Crippen molar-refractivity contribution < 1.29 is 34.4 Å². The molecule has 0 amide bonds. The third-order valence-electron chi connectivity index (χ3n) is 12.4. The van der Waals surface area contributed by atoms with Gasteiger partial charge in [-0.2, -0.15) is 0 Å². The second-order valence-electron chi connectivity index (χ2n) is 16.4. The molecular weight excluding hydrogens is 712 g/mol. The number of benzene rings is 1. The van der Waals surface area contributed by atoms with E-state index in [9.17, 15) is 24.9 Å². The summed E-state index contributed by atoms with van der Waals surface area (Å²) in [5.74, 6) is -0.673. The van der Waals surface area contributed by atoms with E-state index in [2.05, 4.69) is 32.1 Å². The Labute approximate surface area is 338 Å². The zero-order valence-corrected chi connectivity index (χ0v) is 35.1. The molecule has 0 radical (unpaired) electrons. The summed E-state index contributed by atoms with van der Waals surface area (Å²) < 4.78 is 11.6. The molecule has 2 aliphatic rings. The molecule has 0 unspecified atom stereocenters. The maximum Gasteiger partial charge on any atom is 0.336 e. The molecule has 7 nitrogen and oxygen atoms in total. The van der Waals surface area contributed by atoms with Gasteiger partial charge in [-0.05, 0) is 81.3 Å². The lowest BCUT2D eigenvalue weighted by molar-refractivity contribution is -0.143. The van der Waals surface area contributed by atoms with Gasteiger partial charge in [0.25, 0.3) is 0 Å². The summed E-state index contributed by atoms with van der Waals surface area (Å²) >= 11 is 6.65. The number of aliphatic hydroxyl groups is 2. The number of esters is 1. The van der Waals surface area contributed by atoms with E-state index in [4.69, 9.17) is 21.1 Å². The standard InChI is InChI=1S/C47H75ClO7/c1-3-5-6-7-8-9-10-11-12-13-14-15-18-21-34-54-43-28-22-27-40(46(52)53)39(43)31-35-55-45(51)30-20-17-16-19-25-37-38(42(49)36-41(37)48)26-23-29-44(50)47(4-2)32-24-33-47/h16,19,22-23,26-28,37-38,41-42,44,49-50H,3-15,17-18,20-21,24-25,29-36H2,1-2H3,(H,52,53)/t37-,38-,41-,42-,44+/m1/s1. The Hall–Kier alpha value is -2.35. The first-order chi connectivity index (χ1) is 26.7. The van der Waals surface area contributed by atoms with Crippen LogP contribution in [0.3, 0.4) is 0 Å². The molecule has 0 heterocycles. The number of aromatic carboxylic acids is 1. The summed E-state index contributed by atoms with van der Waals surface area (Å²) in [5, 5.41) is 31.1. The number of carboxylic acid groups (broad SMARTS) is 1. The summed E-state index contributed by atoms with van der Waals surface area (Å²) in [5.41, 5.74) is 0.818. The quantitative estimate of drug-likeness (QED) is 0.0297. The highest BCUT2D eigenvalue weighted by Crippen LogP contribution is 2.48. The minimum atomic E-state index is -1.02. The second-order valence-corrected chi connectivity index (χ2v) is 17.0. The van der Waals surface area contributed by atoms with Crippen molar-refractivity contribution in [1.82, 2.24) is 0 Å². The number of carboxylic acids is 1. The van der Waals surface area contributed by atoms with Crippen molar-refractivity contribution in [2.45, 2.75) is 192 Å². The Morgan fingerprint density at radius 2 is 1.55 bits per heavy atom. The smallest absolute Gasteiger partial charge is 0.336 e. The highest BCUT2D eigenvalue weighted by atomic mass is 35.5. The summed E-state index contributed by atoms with van der Waals surface area (Å²) in [7, 11) is 0. The van der Waals surface area contributed by atoms with Gasteiger partial charge in [-0.3, -0.25) is 4.79 Å². The number of carbonyl (C=O) groups is 2. The van der Waals surface area contributed by atoms with E-state index in [-0.39, 0.29) is 59.7 Å². The maximum absolute atomic E-state index is 12.5. The van der Waals surface area contributed by atoms with E-state index in [0.29, 0.717) is 37.2 Å². The third kappa shape index (κ3) is 17.0. The van der Waals surface area contributed by atoms with Crippen molar-refractivity contribution in [1.29, 1.82) is 0 Å². The highest BCUT2D eigenvalue weighted by Gasteiger charge is 2.42. The van der Waals surface area contributed by atoms with Crippen molar-refractivity contribution in [3.05, 3.63) is 53.6 Å². The van der Waals surface area contributed by atoms with Crippen LogP contribution in [0, 0.1) is 17.3 Å². The van der Waals surface area contributed by atoms with E-state index >= 15 is 0 Å². The van der Waals surface area contributed by atoms with Crippen LogP contribution in [0.5, 0.6) is 5.75 Å². The molecule has 312 valence electrons. The van der Waals surface area contributed by atoms with Gasteiger partial charge in [-0.15, -0.1) is 11.6 Å². The van der Waals surface area contributed by atoms with Crippen LogP contribution in [0.15, 0.2) is 42.5 Å². The van der Waals surface area contributed by atoms with Gasteiger partial charge in [-0.1, -0.05) is 134 Å². The fourth-order valence-electron chi connectivity index (χ4n) is 8.55. The van der Waals surface area contributed by atoms with E-state index in [1.807, 2.05) is 6.08 Å². The minimum Gasteiger partial charge on any atom is -0.493 e. The first kappa shape index (κ1) is 47.0. The molecule has 3 N–H and O–H groups in total. The molecule has 0 spiro atoms. The van der Waals surface area contributed by atoms with Crippen molar-refractivity contribution in [3.8, 4) is 5.75 Å². The van der Waals surface area contributed by atoms with Crippen LogP contribution in [-0.2, 0) is 16.0 Å². The number of hydrogen-bond donors (Lipinski definition) is 3. The highest BCUT2D eigenvalue weighted by molar-refractivity contribution is 6.21. The van der Waals surface area contributed by atoms with Crippen molar-refractivity contribution >= 4 is 23.5 Å². The van der Waals surface area contributed by atoms with Gasteiger partial charge in [0.1, 0.15) is 5.75 Å². The van der Waals surface area contributed by atoms with Gasteiger partial charge in [-0.25, -0.2) is 4.79 Å². The summed E-state index contributed by atoms with van der Waals surface area (Å²) in [6.45, 7) is 5.06. The lowest BCUT2D eigenvalue weighted by Crippen LogP contribution is -2.40. The Morgan fingerprint density at radius 3 is 2.15 bits per heavy atom. The summed E-state index contributed by atoms with van der Waals surface area (Å²) in [6.07, 6.45) is 33.7. The van der Waals surface area contributed by atoms with Gasteiger partial charge in [0, 0.05) is 29.7 Å². The van der Waals surface area contributed by atoms with Crippen molar-refractivity contribution in [3.63, 3.8) is 0 Å². The van der Waals surface area contributed by atoms with Crippen LogP contribution in [0.1, 0.15) is 184 Å². The molecule has 1 aromatic carbocycles. The maximum atomic E-state index is 12.5. The fourth-order valence-corrected chi connectivity index (χ4v) is 9.00. The summed E-state index contributed by atoms with van der Waals surface area (Å²) in [6, 6.07) is 5.08. The Kier molecular flexibility index (Phi) is 23.4. The van der Waals surface area contributed by atoms with Gasteiger partial charge in [0.15, 0.2) is 0 Å². The van der Waals surface area contributed by atoms with Crippen molar-refractivity contribution in [2.75, 3.05) is 13.2 Å². The molecule has 0 saturated heterocycles. The van der Waals surface area contributed by atoms with Crippen LogP contribution >= 0.6 is 11.6 Å². The molecule has 55 heavy (non-hydrogen) atoms. The normalized spacial score (nSPS) is 21.3. The van der Waals surface area contributed by atoms with E-state index in [1.165, 1.54) is 83.5 Å². The third-order valence-corrected chi connectivity index (χ3v) is 12.9. The Bertz CT molecular complexity index is 1270. The number of ether oxygens (including phenoxy) is 2. The number of rotatable bonds is 31. The largest absolute Gasteiger partial charge is 0.493 e. The minimum absolute atomic E-state index is 0.0328. The molecule has 5 atom stereocenters. The van der Waals surface area contributed by atoms with Crippen LogP contribution in [0.2, 0.25) is 0 Å². The molecule has 2 aliphatic carbocycles. The molecule has 1 aromatic rings. The average molecular weight is 788 g/mol. The molecule has 0 aliphatic heterocycles. The topological polar surface area (TPSA) is 113 Å². The number of hydrogen-bond acceptors (Lipinski definition) is 6. The molecule has 0 bridgehead atoms. The number of halogens is 1. The molecule has 0 aromatic heterocycles. The first-order valence-electron chi connectivity index (χ1n) is 22.2. The molecule has 3 rings (SSSR count). The number of allylic oxidation sites excluding steroid dienone is 2. The van der Waals surface area contributed by atoms with Crippen LogP contribution in [0.25, 0.3) is 0 Å². The van der Waals surface area contributed by atoms with E-state index in [0.717, 1.165) is 44.9 Å². The number of carbonyl (C=O) groups excluding carboxylic acids is 1. The summed E-state index contributed by atoms with van der Waals surface area (Å²) in [4.78, 5) is 24.5. The average Bonchev–Trinajstić information content (AvgIpc) is 3.42. The van der Waals surface area contributed by atoms with E-state index < -0.39 is 12.1 Å². The lowest BCUT2D eigenvalue weighted by atomic mass is 9.63. The number of aliphatic hydroxyl groups excluding tert-OH is 2. The molecular formula is C47H75ClO7. The zero-order valence-electron chi connectivity index (χ0n) is 34.4. The second kappa shape index (κ2) is 27.3. The predicted molar refractivity (Wildman–Crippen MR) is 225 cm³/mol. The molecule has 8 heteroatoms. The van der Waals surface area contributed by atoms with Gasteiger partial charge < -0.3 is 24.8 Å². The molecule has 2 saturated carbocycles. The predicted octanol–water partition coefficient (Wildman–Crippen LogP) is 11.9. The van der Waals surface area contributed by atoms with Crippen LogP contribution in [0.4, 0.5) is 0 Å². The zero-order chi connectivity index (χ0) is 39.7. The van der Waals surface area contributed by atoms with Crippen LogP contribution in [-0.4, -0.2) is 58.1 Å². The Balaban J connectivity index is 1.29. The van der Waals surface area contributed by atoms with Gasteiger partial charge >= 0.3 is 11.9 Å². The first-order valence-corrected chi connectivity index (χ1v) is 22.6. The number of unbranched alkanes of at least 4 members (excludes halogenated alkanes) is 14. The van der Waals surface area contributed by atoms with Crippen molar-refractivity contribution in [2.24, 2.45) is 17.3 Å². The monoisotopic (exact) mass is 787 g/mol. The fraction of sp³-hybridized carbons (Fsp3) is 0.745. The van der Waals surface area contributed by atoms with Crippen LogP contribution < -0.4 is 4.74 Å². The molecule has 2 fully saturated rings. The lowest BCUT2D eigenvalue weighted by Gasteiger charge is -2.45. The Morgan fingerprint density at radius 1 is 0.891 bits per heavy atom. The van der Waals surface area contributed by atoms with Gasteiger partial charge in [0.05, 0.1) is 31.0 Å². The SMILES string of the molecule is CCCCCCCCCCCCCCCCOc1cccc(C(=O)O)c1CCOC(=O)CCCC=CC[C@@H]1[C@@H](C=CC[C@H](O)C2(CC)CCC2)[C@H](O)C[C@H]1Cl. The number of alkyl halides is 1. The van der Waals surface area contributed by atoms with E-state index in [1.54, 1.807) is 18.2 Å².